The van der Waals surface area contributed by atoms with Crippen LogP contribution in [0.1, 0.15) is 13.8 Å². The predicted octanol–water partition coefficient (Wildman–Crippen LogP) is 0.721. The van der Waals surface area contributed by atoms with Gasteiger partial charge in [-0.1, -0.05) is 13.8 Å². The minimum absolute atomic E-state index is 0.0322. The second-order valence-corrected chi connectivity index (χ2v) is 4.01. The van der Waals surface area contributed by atoms with Gasteiger partial charge >= 0.3 is 0 Å². The molecule has 0 spiro atoms. The summed E-state index contributed by atoms with van der Waals surface area (Å²) in [4.78, 5) is 15.4. The highest BCUT2D eigenvalue weighted by molar-refractivity contribution is 7.09. The first-order valence-corrected chi connectivity index (χ1v) is 5.17. The minimum Gasteiger partial charge on any atom is -0.357 e. The zero-order valence-electron chi connectivity index (χ0n) is 8.44. The van der Waals surface area contributed by atoms with Crippen LogP contribution in [0.5, 0.6) is 0 Å². The van der Waals surface area contributed by atoms with E-state index in [9.17, 15) is 4.79 Å². The van der Waals surface area contributed by atoms with Crippen molar-refractivity contribution in [1.29, 1.82) is 0 Å². The molecule has 1 unspecified atom stereocenters. The van der Waals surface area contributed by atoms with E-state index in [0.717, 1.165) is 0 Å². The van der Waals surface area contributed by atoms with E-state index in [0.29, 0.717) is 5.13 Å². The first kappa shape index (κ1) is 10.9. The number of carbonyl (C=O) groups is 1. The lowest BCUT2D eigenvalue weighted by atomic mass is 10.0. The molecule has 1 amide bonds. The third kappa shape index (κ3) is 2.66. The van der Waals surface area contributed by atoms with Crippen molar-refractivity contribution in [3.05, 3.63) is 6.33 Å². The zero-order valence-corrected chi connectivity index (χ0v) is 9.26. The highest BCUT2D eigenvalue weighted by atomic mass is 32.1. The standard InChI is InChI=1S/C8H14N4OS/c1-5(2)6(7(13)9-3)12-8-10-4-11-14-8/h4-6H,1-3H3,(H,9,13)(H,10,11,12). The van der Waals surface area contributed by atoms with Crippen molar-refractivity contribution in [1.82, 2.24) is 14.7 Å². The summed E-state index contributed by atoms with van der Waals surface area (Å²) in [6, 6.07) is -0.257. The predicted molar refractivity (Wildman–Crippen MR) is 56.2 cm³/mol. The summed E-state index contributed by atoms with van der Waals surface area (Å²) in [5.74, 6) is 0.175. The molecule has 1 rings (SSSR count). The SMILES string of the molecule is CNC(=O)C(Nc1ncns1)C(C)C. The monoisotopic (exact) mass is 214 g/mol. The molecule has 1 atom stereocenters. The Kier molecular flexibility index (Phi) is 3.82. The van der Waals surface area contributed by atoms with Gasteiger partial charge in [0.25, 0.3) is 0 Å². The first-order chi connectivity index (χ1) is 6.65. The average Bonchev–Trinajstić information content (AvgIpc) is 2.65. The minimum atomic E-state index is -0.257. The molecule has 1 aromatic rings. The molecular weight excluding hydrogens is 200 g/mol. The molecule has 14 heavy (non-hydrogen) atoms. The molecule has 78 valence electrons. The van der Waals surface area contributed by atoms with Gasteiger partial charge in [-0.3, -0.25) is 4.79 Å². The van der Waals surface area contributed by atoms with E-state index in [2.05, 4.69) is 20.0 Å². The molecule has 0 radical (unpaired) electrons. The smallest absolute Gasteiger partial charge is 0.242 e. The Morgan fingerprint density at radius 2 is 2.29 bits per heavy atom. The molecule has 0 aliphatic heterocycles. The first-order valence-electron chi connectivity index (χ1n) is 4.40. The van der Waals surface area contributed by atoms with Gasteiger partial charge in [-0.15, -0.1) is 0 Å². The Labute approximate surface area is 87.1 Å². The van der Waals surface area contributed by atoms with Crippen LogP contribution in [0.3, 0.4) is 0 Å². The molecule has 0 aromatic carbocycles. The van der Waals surface area contributed by atoms with E-state index in [1.165, 1.54) is 17.9 Å². The number of nitrogens with zero attached hydrogens (tertiary/aromatic N) is 2. The van der Waals surface area contributed by atoms with Crippen LogP contribution in [0.2, 0.25) is 0 Å². The van der Waals surface area contributed by atoms with Crippen molar-refractivity contribution in [2.24, 2.45) is 5.92 Å². The summed E-state index contributed by atoms with van der Waals surface area (Å²) in [5, 5.41) is 6.33. The number of likely N-dealkylation sites (N-methyl/N-ethyl adjacent to an activating group) is 1. The molecule has 0 saturated carbocycles. The van der Waals surface area contributed by atoms with Gasteiger partial charge in [-0.2, -0.15) is 4.37 Å². The van der Waals surface area contributed by atoms with Crippen molar-refractivity contribution < 1.29 is 4.79 Å². The molecule has 5 nitrogen and oxygen atoms in total. The van der Waals surface area contributed by atoms with Crippen LogP contribution in [0.25, 0.3) is 0 Å². The van der Waals surface area contributed by atoms with Crippen molar-refractivity contribution in [3.8, 4) is 0 Å². The number of nitrogens with one attached hydrogen (secondary N) is 2. The van der Waals surface area contributed by atoms with Gasteiger partial charge in [0.15, 0.2) is 0 Å². The highest BCUT2D eigenvalue weighted by Crippen LogP contribution is 2.13. The second kappa shape index (κ2) is 4.90. The van der Waals surface area contributed by atoms with E-state index in [-0.39, 0.29) is 17.9 Å². The summed E-state index contributed by atoms with van der Waals surface area (Å²) in [6.45, 7) is 3.96. The van der Waals surface area contributed by atoms with Gasteiger partial charge in [-0.05, 0) is 5.92 Å². The van der Waals surface area contributed by atoms with Crippen molar-refractivity contribution in [3.63, 3.8) is 0 Å². The summed E-state index contributed by atoms with van der Waals surface area (Å²) in [5.41, 5.74) is 0. The van der Waals surface area contributed by atoms with E-state index in [1.807, 2.05) is 13.8 Å². The maximum Gasteiger partial charge on any atom is 0.242 e. The number of aromatic nitrogens is 2. The van der Waals surface area contributed by atoms with Crippen LogP contribution in [-0.4, -0.2) is 28.4 Å². The van der Waals surface area contributed by atoms with Crippen molar-refractivity contribution in [2.45, 2.75) is 19.9 Å². The summed E-state index contributed by atoms with van der Waals surface area (Å²) >= 11 is 1.24. The fraction of sp³-hybridized carbons (Fsp3) is 0.625. The average molecular weight is 214 g/mol. The van der Waals surface area contributed by atoms with Gasteiger partial charge in [0, 0.05) is 18.6 Å². The lowest BCUT2D eigenvalue weighted by molar-refractivity contribution is -0.122. The van der Waals surface area contributed by atoms with E-state index in [1.54, 1.807) is 7.05 Å². The number of hydrogen-bond acceptors (Lipinski definition) is 5. The molecule has 0 aliphatic rings. The molecule has 0 saturated heterocycles. The molecule has 2 N–H and O–H groups in total. The third-order valence-corrected chi connectivity index (χ3v) is 2.43. The molecule has 0 aliphatic carbocycles. The fourth-order valence-corrected chi connectivity index (χ4v) is 1.53. The topological polar surface area (TPSA) is 66.9 Å². The van der Waals surface area contributed by atoms with Crippen LogP contribution < -0.4 is 10.6 Å². The molecular formula is C8H14N4OS. The summed E-state index contributed by atoms with van der Waals surface area (Å²) in [7, 11) is 1.62. The molecule has 0 fully saturated rings. The van der Waals surface area contributed by atoms with Gasteiger partial charge in [0.05, 0.1) is 0 Å². The Morgan fingerprint density at radius 3 is 2.71 bits per heavy atom. The number of amides is 1. The molecule has 0 bridgehead atoms. The highest BCUT2D eigenvalue weighted by Gasteiger charge is 2.21. The lowest BCUT2D eigenvalue weighted by Crippen LogP contribution is -2.41. The van der Waals surface area contributed by atoms with E-state index < -0.39 is 0 Å². The zero-order chi connectivity index (χ0) is 10.6. The maximum absolute atomic E-state index is 11.5. The van der Waals surface area contributed by atoms with Gasteiger partial charge in [-0.25, -0.2) is 4.98 Å². The van der Waals surface area contributed by atoms with Crippen LogP contribution in [-0.2, 0) is 4.79 Å². The molecule has 1 aromatic heterocycles. The van der Waals surface area contributed by atoms with Crippen LogP contribution in [0, 0.1) is 5.92 Å². The van der Waals surface area contributed by atoms with Gasteiger partial charge < -0.3 is 10.6 Å². The van der Waals surface area contributed by atoms with Crippen LogP contribution >= 0.6 is 11.5 Å². The molecule has 6 heteroatoms. The van der Waals surface area contributed by atoms with Crippen LogP contribution in [0.4, 0.5) is 5.13 Å². The number of carbonyl (C=O) groups excluding carboxylic acids is 1. The quantitative estimate of drug-likeness (QED) is 0.775. The van der Waals surface area contributed by atoms with E-state index in [4.69, 9.17) is 0 Å². The maximum atomic E-state index is 11.5. The number of rotatable bonds is 4. The summed E-state index contributed by atoms with van der Waals surface area (Å²) in [6.07, 6.45) is 1.47. The number of anilines is 1. The Bertz CT molecular complexity index is 286. The van der Waals surface area contributed by atoms with Crippen LogP contribution in [0.15, 0.2) is 6.33 Å². The Balaban J connectivity index is 2.65. The Hall–Kier alpha value is -1.17. The van der Waals surface area contributed by atoms with Gasteiger partial charge in [0.2, 0.25) is 11.0 Å². The fourth-order valence-electron chi connectivity index (χ4n) is 1.06. The largest absolute Gasteiger partial charge is 0.357 e. The summed E-state index contributed by atoms with van der Waals surface area (Å²) < 4.78 is 3.86. The normalized spacial score (nSPS) is 12.6. The lowest BCUT2D eigenvalue weighted by Gasteiger charge is -2.19. The van der Waals surface area contributed by atoms with Crippen molar-refractivity contribution >= 4 is 22.6 Å². The second-order valence-electron chi connectivity index (χ2n) is 3.23. The van der Waals surface area contributed by atoms with Gasteiger partial charge in [0.1, 0.15) is 12.4 Å². The van der Waals surface area contributed by atoms with Crippen molar-refractivity contribution in [2.75, 3.05) is 12.4 Å². The number of hydrogen-bond donors (Lipinski definition) is 2. The van der Waals surface area contributed by atoms with E-state index >= 15 is 0 Å². The Morgan fingerprint density at radius 1 is 1.57 bits per heavy atom. The third-order valence-electron chi connectivity index (χ3n) is 1.84. The molecule has 1 heterocycles.